The van der Waals surface area contributed by atoms with E-state index in [4.69, 9.17) is 4.74 Å². The number of amides is 1. The SMILES string of the molecule is COC(=O)[C@@H](CCCF)NC(=O)OC(C)(C)C. The topological polar surface area (TPSA) is 64.6 Å². The van der Waals surface area contributed by atoms with E-state index < -0.39 is 30.4 Å². The highest BCUT2D eigenvalue weighted by Crippen LogP contribution is 2.08. The third kappa shape index (κ3) is 7.54. The fraction of sp³-hybridized carbons (Fsp3) is 0.818. The summed E-state index contributed by atoms with van der Waals surface area (Å²) in [5.41, 5.74) is -0.648. The number of carbonyl (C=O) groups is 2. The van der Waals surface area contributed by atoms with Gasteiger partial charge in [0.25, 0.3) is 0 Å². The Bertz CT molecular complexity index is 263. The van der Waals surface area contributed by atoms with Gasteiger partial charge in [-0.3, -0.25) is 4.39 Å². The molecule has 0 aliphatic heterocycles. The van der Waals surface area contributed by atoms with Gasteiger partial charge in [0.05, 0.1) is 13.8 Å². The number of alkyl carbamates (subject to hydrolysis) is 1. The minimum absolute atomic E-state index is 0.176. The molecule has 0 aromatic carbocycles. The highest BCUT2D eigenvalue weighted by molar-refractivity contribution is 5.81. The number of hydrogen-bond donors (Lipinski definition) is 1. The molecule has 0 aliphatic rings. The molecule has 0 saturated heterocycles. The summed E-state index contributed by atoms with van der Waals surface area (Å²) < 4.78 is 21.5. The molecular formula is C11H20FNO4. The van der Waals surface area contributed by atoms with Crippen LogP contribution in [0.1, 0.15) is 33.6 Å². The average molecular weight is 249 g/mol. The van der Waals surface area contributed by atoms with Crippen LogP contribution in [-0.4, -0.2) is 37.5 Å². The summed E-state index contributed by atoms with van der Waals surface area (Å²) in [6, 6.07) is -0.870. The van der Waals surface area contributed by atoms with Crippen molar-refractivity contribution in [2.45, 2.75) is 45.3 Å². The molecule has 1 amide bonds. The van der Waals surface area contributed by atoms with Crippen molar-refractivity contribution in [1.82, 2.24) is 5.32 Å². The van der Waals surface area contributed by atoms with E-state index in [1.807, 2.05) is 0 Å². The molecule has 0 radical (unpaired) electrons. The molecule has 0 spiro atoms. The summed E-state index contributed by atoms with van der Waals surface area (Å²) in [5.74, 6) is -0.607. The fourth-order valence-corrected chi connectivity index (χ4v) is 1.12. The van der Waals surface area contributed by atoms with Crippen molar-refractivity contribution < 1.29 is 23.5 Å². The van der Waals surface area contributed by atoms with E-state index in [1.54, 1.807) is 20.8 Å². The van der Waals surface area contributed by atoms with E-state index in [9.17, 15) is 14.0 Å². The molecule has 0 aromatic rings. The summed E-state index contributed by atoms with van der Waals surface area (Å²) in [6.07, 6.45) is -0.357. The quantitative estimate of drug-likeness (QED) is 0.755. The Morgan fingerprint density at radius 2 is 1.94 bits per heavy atom. The van der Waals surface area contributed by atoms with Crippen LogP contribution < -0.4 is 5.32 Å². The fourth-order valence-electron chi connectivity index (χ4n) is 1.12. The van der Waals surface area contributed by atoms with Gasteiger partial charge in [-0.15, -0.1) is 0 Å². The number of esters is 1. The first kappa shape index (κ1) is 15.7. The maximum absolute atomic E-state index is 12.0. The van der Waals surface area contributed by atoms with Gasteiger partial charge in [-0.1, -0.05) is 0 Å². The van der Waals surface area contributed by atoms with Crippen LogP contribution in [0.3, 0.4) is 0 Å². The Morgan fingerprint density at radius 3 is 2.35 bits per heavy atom. The molecule has 6 heteroatoms. The van der Waals surface area contributed by atoms with E-state index in [0.717, 1.165) is 0 Å². The predicted octanol–water partition coefficient (Wildman–Crippen LogP) is 1.80. The number of nitrogens with one attached hydrogen (secondary N) is 1. The van der Waals surface area contributed by atoms with Crippen LogP contribution >= 0.6 is 0 Å². The van der Waals surface area contributed by atoms with Crippen molar-refractivity contribution >= 4 is 12.1 Å². The zero-order chi connectivity index (χ0) is 13.5. The summed E-state index contributed by atoms with van der Waals surface area (Å²) in [4.78, 5) is 22.7. The molecule has 0 unspecified atom stereocenters. The summed E-state index contributed by atoms with van der Waals surface area (Å²) >= 11 is 0. The van der Waals surface area contributed by atoms with Gasteiger partial charge in [0, 0.05) is 0 Å². The van der Waals surface area contributed by atoms with Crippen molar-refractivity contribution in [2.75, 3.05) is 13.8 Å². The molecule has 5 nitrogen and oxygen atoms in total. The predicted molar refractivity (Wildman–Crippen MR) is 60.4 cm³/mol. The van der Waals surface area contributed by atoms with Gasteiger partial charge in [0.15, 0.2) is 0 Å². The van der Waals surface area contributed by atoms with Gasteiger partial charge >= 0.3 is 12.1 Å². The van der Waals surface area contributed by atoms with Crippen LogP contribution in [0.25, 0.3) is 0 Å². The van der Waals surface area contributed by atoms with Gasteiger partial charge < -0.3 is 14.8 Å². The van der Waals surface area contributed by atoms with E-state index in [0.29, 0.717) is 0 Å². The molecule has 0 bridgehead atoms. The second-order valence-electron chi connectivity index (χ2n) is 4.55. The number of rotatable bonds is 5. The van der Waals surface area contributed by atoms with E-state index in [-0.39, 0.29) is 12.8 Å². The van der Waals surface area contributed by atoms with Gasteiger partial charge in [0.2, 0.25) is 0 Å². The number of halogens is 1. The van der Waals surface area contributed by atoms with Gasteiger partial charge in [0.1, 0.15) is 11.6 Å². The minimum atomic E-state index is -0.870. The zero-order valence-corrected chi connectivity index (χ0v) is 10.7. The van der Waals surface area contributed by atoms with Gasteiger partial charge in [-0.2, -0.15) is 0 Å². The third-order valence-corrected chi connectivity index (χ3v) is 1.80. The lowest BCUT2D eigenvalue weighted by atomic mass is 10.1. The lowest BCUT2D eigenvalue weighted by Gasteiger charge is -2.22. The van der Waals surface area contributed by atoms with Crippen molar-refractivity contribution in [3.8, 4) is 0 Å². The van der Waals surface area contributed by atoms with Crippen molar-refractivity contribution in [2.24, 2.45) is 0 Å². The van der Waals surface area contributed by atoms with Crippen LogP contribution in [-0.2, 0) is 14.3 Å². The maximum atomic E-state index is 12.0. The van der Waals surface area contributed by atoms with Crippen molar-refractivity contribution in [3.05, 3.63) is 0 Å². The lowest BCUT2D eigenvalue weighted by molar-refractivity contribution is -0.143. The Kier molecular flexibility index (Phi) is 6.53. The highest BCUT2D eigenvalue weighted by Gasteiger charge is 2.24. The second kappa shape index (κ2) is 7.09. The van der Waals surface area contributed by atoms with Gasteiger partial charge in [-0.05, 0) is 33.6 Å². The smallest absolute Gasteiger partial charge is 0.408 e. The monoisotopic (exact) mass is 249 g/mol. The van der Waals surface area contributed by atoms with E-state index in [1.165, 1.54) is 7.11 Å². The van der Waals surface area contributed by atoms with Crippen LogP contribution in [0.2, 0.25) is 0 Å². The van der Waals surface area contributed by atoms with Crippen molar-refractivity contribution in [3.63, 3.8) is 0 Å². The van der Waals surface area contributed by atoms with E-state index in [2.05, 4.69) is 10.1 Å². The normalized spacial score (nSPS) is 12.8. The number of alkyl halides is 1. The number of methoxy groups -OCH3 is 1. The zero-order valence-electron chi connectivity index (χ0n) is 10.7. The highest BCUT2D eigenvalue weighted by atomic mass is 19.1. The first-order valence-electron chi connectivity index (χ1n) is 5.43. The van der Waals surface area contributed by atoms with Gasteiger partial charge in [-0.25, -0.2) is 9.59 Å². The molecule has 1 atom stereocenters. The van der Waals surface area contributed by atoms with Crippen LogP contribution in [0.5, 0.6) is 0 Å². The first-order chi connectivity index (χ1) is 7.80. The number of carbonyl (C=O) groups excluding carboxylic acids is 2. The molecule has 0 saturated carbocycles. The molecule has 0 heterocycles. The summed E-state index contributed by atoms with van der Waals surface area (Å²) in [5, 5.41) is 2.36. The maximum Gasteiger partial charge on any atom is 0.408 e. The first-order valence-corrected chi connectivity index (χ1v) is 5.43. The second-order valence-corrected chi connectivity index (χ2v) is 4.55. The van der Waals surface area contributed by atoms with Crippen LogP contribution in [0.15, 0.2) is 0 Å². The van der Waals surface area contributed by atoms with E-state index >= 15 is 0 Å². The molecule has 100 valence electrons. The number of hydrogen-bond acceptors (Lipinski definition) is 4. The van der Waals surface area contributed by atoms with Crippen LogP contribution in [0.4, 0.5) is 9.18 Å². The Labute approximate surface area is 101 Å². The van der Waals surface area contributed by atoms with Crippen LogP contribution in [0, 0.1) is 0 Å². The molecule has 0 fully saturated rings. The number of ether oxygens (including phenoxy) is 2. The summed E-state index contributed by atoms with van der Waals surface area (Å²) in [7, 11) is 1.21. The average Bonchev–Trinajstić information content (AvgIpc) is 2.20. The molecule has 1 N–H and O–H groups in total. The Hall–Kier alpha value is -1.33. The minimum Gasteiger partial charge on any atom is -0.467 e. The Balaban J connectivity index is 4.32. The molecule has 17 heavy (non-hydrogen) atoms. The Morgan fingerprint density at radius 1 is 1.35 bits per heavy atom. The third-order valence-electron chi connectivity index (χ3n) is 1.80. The molecule has 0 aliphatic carbocycles. The largest absolute Gasteiger partial charge is 0.467 e. The molecule has 0 rings (SSSR count). The standard InChI is InChI=1S/C11H20FNO4/c1-11(2,3)17-10(15)13-8(6-5-7-12)9(14)16-4/h8H,5-7H2,1-4H3,(H,13,15)/t8-/m1/s1. The summed E-state index contributed by atoms with van der Waals surface area (Å²) in [6.45, 7) is 4.58. The lowest BCUT2D eigenvalue weighted by Crippen LogP contribution is -2.44. The van der Waals surface area contributed by atoms with Crippen molar-refractivity contribution in [1.29, 1.82) is 0 Å². The molecular weight excluding hydrogens is 229 g/mol. The molecule has 0 aromatic heterocycles.